The highest BCUT2D eigenvalue weighted by Gasteiger charge is 2.47. The number of nitrogens with one attached hydrogen (secondary N) is 1. The number of benzene rings is 1. The summed E-state index contributed by atoms with van der Waals surface area (Å²) >= 11 is 0. The Kier molecular flexibility index (Phi) is 2.61. The molecular formula is C15H21N3O. The van der Waals surface area contributed by atoms with Crippen LogP contribution in [0, 0.1) is 0 Å². The zero-order chi connectivity index (χ0) is 13.8. The molecule has 1 heterocycles. The molecule has 1 aromatic heterocycles. The zero-order valence-electron chi connectivity index (χ0n) is 11.7. The standard InChI is InChI=1S/C15H21N3O/c1-9(2)18-13-5-4-11(8-12(13)17-14(18)19)15(6-7-15)10(3)16/h4-5,8-10H,6-7,16H2,1-3H3,(H,17,19). The number of aromatic amines is 1. The summed E-state index contributed by atoms with van der Waals surface area (Å²) < 4.78 is 1.80. The van der Waals surface area contributed by atoms with Gasteiger partial charge in [0.1, 0.15) is 0 Å². The number of rotatable bonds is 3. The van der Waals surface area contributed by atoms with Crippen molar-refractivity contribution in [1.29, 1.82) is 0 Å². The second-order valence-corrected chi connectivity index (χ2v) is 6.07. The molecule has 1 fully saturated rings. The molecule has 1 unspecified atom stereocenters. The van der Waals surface area contributed by atoms with Crippen molar-refractivity contribution in [2.24, 2.45) is 5.73 Å². The van der Waals surface area contributed by atoms with Crippen LogP contribution in [-0.4, -0.2) is 15.6 Å². The van der Waals surface area contributed by atoms with E-state index >= 15 is 0 Å². The Morgan fingerprint density at radius 1 is 1.32 bits per heavy atom. The number of imidazole rings is 1. The van der Waals surface area contributed by atoms with Gasteiger partial charge < -0.3 is 10.7 Å². The fourth-order valence-corrected chi connectivity index (χ4v) is 3.10. The molecule has 0 saturated heterocycles. The van der Waals surface area contributed by atoms with Crippen molar-refractivity contribution in [3.05, 3.63) is 34.2 Å². The summed E-state index contributed by atoms with van der Waals surface area (Å²) in [7, 11) is 0. The molecule has 1 aliphatic rings. The van der Waals surface area contributed by atoms with Crippen molar-refractivity contribution < 1.29 is 0 Å². The number of H-pyrrole nitrogens is 1. The van der Waals surface area contributed by atoms with Crippen LogP contribution in [0.5, 0.6) is 0 Å². The van der Waals surface area contributed by atoms with E-state index in [0.717, 1.165) is 23.9 Å². The molecule has 0 amide bonds. The monoisotopic (exact) mass is 259 g/mol. The molecule has 3 rings (SSSR count). The van der Waals surface area contributed by atoms with Crippen LogP contribution in [0.3, 0.4) is 0 Å². The van der Waals surface area contributed by atoms with Crippen LogP contribution in [0.15, 0.2) is 23.0 Å². The van der Waals surface area contributed by atoms with Crippen LogP contribution in [-0.2, 0) is 5.41 Å². The van der Waals surface area contributed by atoms with Gasteiger partial charge in [0.15, 0.2) is 0 Å². The largest absolute Gasteiger partial charge is 0.327 e. The Bertz CT molecular complexity index is 674. The molecule has 0 aliphatic heterocycles. The summed E-state index contributed by atoms with van der Waals surface area (Å²) in [5.74, 6) is 0. The summed E-state index contributed by atoms with van der Waals surface area (Å²) in [4.78, 5) is 14.9. The third-order valence-electron chi connectivity index (χ3n) is 4.47. The van der Waals surface area contributed by atoms with Crippen molar-refractivity contribution in [2.75, 3.05) is 0 Å². The Balaban J connectivity index is 2.16. The number of nitrogens with zero attached hydrogens (tertiary/aromatic N) is 1. The number of nitrogens with two attached hydrogens (primary N) is 1. The van der Waals surface area contributed by atoms with Gasteiger partial charge in [-0.3, -0.25) is 4.57 Å². The van der Waals surface area contributed by atoms with Crippen LogP contribution < -0.4 is 11.4 Å². The van der Waals surface area contributed by atoms with Gasteiger partial charge in [-0.05, 0) is 51.3 Å². The second-order valence-electron chi connectivity index (χ2n) is 6.07. The predicted octanol–water partition coefficient (Wildman–Crippen LogP) is 2.29. The number of aromatic nitrogens is 2. The molecule has 0 spiro atoms. The highest BCUT2D eigenvalue weighted by atomic mass is 16.1. The SMILES string of the molecule is CC(C)n1c(=O)[nH]c2cc(C3(C(C)N)CC3)ccc21. The highest BCUT2D eigenvalue weighted by molar-refractivity contribution is 5.77. The third-order valence-corrected chi connectivity index (χ3v) is 4.47. The van der Waals surface area contributed by atoms with Crippen LogP contribution in [0.2, 0.25) is 0 Å². The van der Waals surface area contributed by atoms with Gasteiger partial charge in [-0.15, -0.1) is 0 Å². The molecule has 1 atom stereocenters. The lowest BCUT2D eigenvalue weighted by Crippen LogP contribution is -2.31. The molecule has 19 heavy (non-hydrogen) atoms. The van der Waals surface area contributed by atoms with Gasteiger partial charge in [-0.25, -0.2) is 4.79 Å². The third kappa shape index (κ3) is 1.74. The summed E-state index contributed by atoms with van der Waals surface area (Å²) in [6, 6.07) is 6.60. The average molecular weight is 259 g/mol. The minimum Gasteiger partial charge on any atom is -0.327 e. The minimum atomic E-state index is -0.0345. The quantitative estimate of drug-likeness (QED) is 0.888. The molecule has 0 radical (unpaired) electrons. The molecule has 1 aliphatic carbocycles. The van der Waals surface area contributed by atoms with Crippen molar-refractivity contribution in [1.82, 2.24) is 9.55 Å². The van der Waals surface area contributed by atoms with E-state index in [1.54, 1.807) is 4.57 Å². The Morgan fingerprint density at radius 2 is 2.00 bits per heavy atom. The molecule has 2 aromatic rings. The molecule has 0 bridgehead atoms. The van der Waals surface area contributed by atoms with Gasteiger partial charge >= 0.3 is 5.69 Å². The Hall–Kier alpha value is -1.55. The van der Waals surface area contributed by atoms with Crippen molar-refractivity contribution in [3.8, 4) is 0 Å². The first-order valence-electron chi connectivity index (χ1n) is 6.96. The summed E-state index contributed by atoms with van der Waals surface area (Å²) in [5, 5.41) is 0. The molecule has 1 saturated carbocycles. The van der Waals surface area contributed by atoms with E-state index in [2.05, 4.69) is 24.0 Å². The first-order valence-corrected chi connectivity index (χ1v) is 6.96. The van der Waals surface area contributed by atoms with E-state index in [1.807, 2.05) is 19.9 Å². The first kappa shape index (κ1) is 12.5. The van der Waals surface area contributed by atoms with Crippen LogP contribution in [0.1, 0.15) is 45.2 Å². The first-order chi connectivity index (χ1) is 8.95. The van der Waals surface area contributed by atoms with Gasteiger partial charge in [0.2, 0.25) is 0 Å². The number of fused-ring (bicyclic) bond motifs is 1. The zero-order valence-corrected chi connectivity index (χ0v) is 11.7. The predicted molar refractivity (Wildman–Crippen MR) is 77.5 cm³/mol. The molecule has 3 N–H and O–H groups in total. The van der Waals surface area contributed by atoms with E-state index in [0.29, 0.717) is 0 Å². The van der Waals surface area contributed by atoms with E-state index in [1.165, 1.54) is 5.56 Å². The fourth-order valence-electron chi connectivity index (χ4n) is 3.10. The van der Waals surface area contributed by atoms with Crippen molar-refractivity contribution >= 4 is 11.0 Å². The summed E-state index contributed by atoms with van der Waals surface area (Å²) in [6.45, 7) is 6.11. The molecule has 4 heteroatoms. The second kappa shape index (κ2) is 3.97. The van der Waals surface area contributed by atoms with Crippen LogP contribution in [0.4, 0.5) is 0 Å². The number of hydrogen-bond acceptors (Lipinski definition) is 2. The maximum Gasteiger partial charge on any atom is 0.326 e. The Labute approximate surface area is 112 Å². The summed E-state index contributed by atoms with van der Waals surface area (Å²) in [6.07, 6.45) is 2.29. The van der Waals surface area contributed by atoms with Gasteiger partial charge in [0.25, 0.3) is 0 Å². The van der Waals surface area contributed by atoms with Crippen LogP contribution in [0.25, 0.3) is 11.0 Å². The minimum absolute atomic E-state index is 0.0345. The maximum absolute atomic E-state index is 12.0. The topological polar surface area (TPSA) is 63.8 Å². The molecule has 1 aromatic carbocycles. The molecule has 102 valence electrons. The lowest BCUT2D eigenvalue weighted by molar-refractivity contribution is 0.557. The lowest BCUT2D eigenvalue weighted by atomic mass is 9.89. The lowest BCUT2D eigenvalue weighted by Gasteiger charge is -2.20. The average Bonchev–Trinajstić information content (AvgIpc) is 3.06. The smallest absolute Gasteiger partial charge is 0.326 e. The maximum atomic E-state index is 12.0. The highest BCUT2D eigenvalue weighted by Crippen LogP contribution is 2.50. The van der Waals surface area contributed by atoms with Gasteiger partial charge in [0, 0.05) is 17.5 Å². The van der Waals surface area contributed by atoms with Crippen molar-refractivity contribution in [3.63, 3.8) is 0 Å². The van der Waals surface area contributed by atoms with E-state index in [9.17, 15) is 4.79 Å². The van der Waals surface area contributed by atoms with Gasteiger partial charge in [-0.2, -0.15) is 0 Å². The van der Waals surface area contributed by atoms with Crippen molar-refractivity contribution in [2.45, 2.75) is 51.1 Å². The summed E-state index contributed by atoms with van der Waals surface area (Å²) in [5.41, 5.74) is 9.36. The Morgan fingerprint density at radius 3 is 2.53 bits per heavy atom. The van der Waals surface area contributed by atoms with E-state index < -0.39 is 0 Å². The number of hydrogen-bond donors (Lipinski definition) is 2. The van der Waals surface area contributed by atoms with Crippen LogP contribution >= 0.6 is 0 Å². The fraction of sp³-hybridized carbons (Fsp3) is 0.533. The van der Waals surface area contributed by atoms with Gasteiger partial charge in [-0.1, -0.05) is 6.07 Å². The van der Waals surface area contributed by atoms with Gasteiger partial charge in [0.05, 0.1) is 11.0 Å². The van der Waals surface area contributed by atoms with E-state index in [-0.39, 0.29) is 23.2 Å². The molecular weight excluding hydrogens is 238 g/mol. The normalized spacial score (nSPS) is 19.0. The van der Waals surface area contributed by atoms with E-state index in [4.69, 9.17) is 5.73 Å². The molecule has 4 nitrogen and oxygen atoms in total.